The molecule has 3 heterocycles. The number of nitrogens with zero attached hydrogens (tertiary/aromatic N) is 4. The third kappa shape index (κ3) is 2.95. The maximum Gasteiger partial charge on any atom is 0.100 e. The molecule has 0 N–H and O–H groups in total. The highest BCUT2D eigenvalue weighted by atomic mass is 32.1. The van der Waals surface area contributed by atoms with Crippen LogP contribution in [0, 0.1) is 5.92 Å². The number of hydrogen-bond donors (Lipinski definition) is 0. The molecule has 118 valence electrons. The van der Waals surface area contributed by atoms with Crippen LogP contribution in [0.25, 0.3) is 0 Å². The average molecular weight is 318 g/mol. The quantitative estimate of drug-likeness (QED) is 0.821. The summed E-state index contributed by atoms with van der Waals surface area (Å²) in [5.41, 5.74) is 2.46. The number of hydrogen-bond acceptors (Lipinski definition) is 5. The zero-order valence-electron chi connectivity index (χ0n) is 12.9. The van der Waals surface area contributed by atoms with Crippen LogP contribution in [0.3, 0.4) is 0 Å². The zero-order valence-corrected chi connectivity index (χ0v) is 13.8. The van der Waals surface area contributed by atoms with Crippen LogP contribution in [-0.4, -0.2) is 40.2 Å². The number of fused-ring (bicyclic) bond motifs is 1. The predicted molar refractivity (Wildman–Crippen MR) is 85.8 cm³/mol. The first-order chi connectivity index (χ1) is 10.8. The topological polar surface area (TPSA) is 43.2 Å². The molecule has 0 amide bonds. The van der Waals surface area contributed by atoms with Crippen molar-refractivity contribution in [2.45, 2.75) is 38.4 Å². The van der Waals surface area contributed by atoms with E-state index in [1.54, 1.807) is 7.11 Å². The van der Waals surface area contributed by atoms with Gasteiger partial charge in [0.25, 0.3) is 0 Å². The summed E-state index contributed by atoms with van der Waals surface area (Å²) >= 11 is 1.82. The molecule has 1 fully saturated rings. The Hall–Kier alpha value is -1.24. The molecule has 1 saturated carbocycles. The molecule has 6 heteroatoms. The van der Waals surface area contributed by atoms with Crippen molar-refractivity contribution in [2.75, 3.05) is 20.3 Å². The van der Waals surface area contributed by atoms with Crippen molar-refractivity contribution >= 4 is 11.3 Å². The molecule has 1 aliphatic heterocycles. The second kappa shape index (κ2) is 6.10. The van der Waals surface area contributed by atoms with Gasteiger partial charge in [0.2, 0.25) is 0 Å². The molecular weight excluding hydrogens is 296 g/mol. The summed E-state index contributed by atoms with van der Waals surface area (Å²) in [5.74, 6) is 1.20. The second-order valence-corrected chi connectivity index (χ2v) is 7.48. The number of rotatable bonds is 6. The minimum absolute atomic E-state index is 0.377. The largest absolute Gasteiger partial charge is 0.384 e. The molecule has 0 radical (unpaired) electrons. The van der Waals surface area contributed by atoms with E-state index in [9.17, 15) is 0 Å². The van der Waals surface area contributed by atoms with E-state index in [-0.39, 0.29) is 0 Å². The molecule has 5 nitrogen and oxygen atoms in total. The van der Waals surface area contributed by atoms with E-state index in [1.165, 1.54) is 23.4 Å². The first-order valence-corrected chi connectivity index (χ1v) is 8.87. The second-order valence-electron chi connectivity index (χ2n) is 6.45. The fourth-order valence-electron chi connectivity index (χ4n) is 3.35. The summed E-state index contributed by atoms with van der Waals surface area (Å²) in [4.78, 5) is 3.87. The highest BCUT2D eigenvalue weighted by Gasteiger charge is 2.32. The lowest BCUT2D eigenvalue weighted by atomic mass is 9.98. The van der Waals surface area contributed by atoms with Gasteiger partial charge in [0.15, 0.2) is 0 Å². The first kappa shape index (κ1) is 14.4. The minimum atomic E-state index is 0.377. The molecule has 0 spiro atoms. The van der Waals surface area contributed by atoms with Crippen LogP contribution in [0.5, 0.6) is 0 Å². The summed E-state index contributed by atoms with van der Waals surface area (Å²) in [5, 5.41) is 11.0. The van der Waals surface area contributed by atoms with Gasteiger partial charge < -0.3 is 4.74 Å². The smallest absolute Gasteiger partial charge is 0.100 e. The number of aromatic nitrogens is 3. The van der Waals surface area contributed by atoms with Gasteiger partial charge in [-0.05, 0) is 30.2 Å². The Labute approximate surface area is 134 Å². The minimum Gasteiger partial charge on any atom is -0.384 e. The van der Waals surface area contributed by atoms with Crippen LogP contribution in [0.1, 0.15) is 35.0 Å². The van der Waals surface area contributed by atoms with Gasteiger partial charge in [0.1, 0.15) is 5.69 Å². The van der Waals surface area contributed by atoms with Crippen molar-refractivity contribution in [1.82, 2.24) is 19.9 Å². The molecule has 0 bridgehead atoms. The van der Waals surface area contributed by atoms with E-state index in [0.717, 1.165) is 44.4 Å². The standard InChI is InChI=1S/C16H22N4OS/c1-21-11-13-8-19(9-14-3-2-6-22-14)10-15-16(13)20(18-17-15)7-12-4-5-12/h2-3,6,12-13H,4-5,7-11H2,1H3/t13-/m0/s1. The molecule has 0 saturated heterocycles. The highest BCUT2D eigenvalue weighted by Crippen LogP contribution is 2.34. The highest BCUT2D eigenvalue weighted by molar-refractivity contribution is 7.09. The maximum absolute atomic E-state index is 5.47. The predicted octanol–water partition coefficient (Wildman–Crippen LogP) is 2.50. The van der Waals surface area contributed by atoms with E-state index in [2.05, 4.69) is 37.4 Å². The van der Waals surface area contributed by atoms with Crippen molar-refractivity contribution < 1.29 is 4.74 Å². The van der Waals surface area contributed by atoms with Crippen LogP contribution in [0.2, 0.25) is 0 Å². The van der Waals surface area contributed by atoms with Crippen LogP contribution >= 0.6 is 11.3 Å². The molecule has 1 atom stereocenters. The normalized spacial score (nSPS) is 22.0. The van der Waals surface area contributed by atoms with E-state index < -0.39 is 0 Å². The van der Waals surface area contributed by atoms with Gasteiger partial charge in [-0.3, -0.25) is 4.90 Å². The molecule has 2 aromatic heterocycles. The van der Waals surface area contributed by atoms with Gasteiger partial charge in [0, 0.05) is 44.1 Å². The average Bonchev–Trinajstić information content (AvgIpc) is 3.00. The van der Waals surface area contributed by atoms with Crippen molar-refractivity contribution in [3.8, 4) is 0 Å². The number of methoxy groups -OCH3 is 1. The van der Waals surface area contributed by atoms with E-state index in [1.807, 2.05) is 11.3 Å². The summed E-state index contributed by atoms with van der Waals surface area (Å²) < 4.78 is 7.63. The Morgan fingerprint density at radius 3 is 3.05 bits per heavy atom. The van der Waals surface area contributed by atoms with Crippen molar-refractivity contribution in [1.29, 1.82) is 0 Å². The van der Waals surface area contributed by atoms with Crippen LogP contribution in [0.4, 0.5) is 0 Å². The molecule has 2 aromatic rings. The lowest BCUT2D eigenvalue weighted by Crippen LogP contribution is -2.36. The van der Waals surface area contributed by atoms with Gasteiger partial charge in [-0.2, -0.15) is 0 Å². The van der Waals surface area contributed by atoms with E-state index in [0.29, 0.717) is 5.92 Å². The van der Waals surface area contributed by atoms with Crippen molar-refractivity contribution in [3.63, 3.8) is 0 Å². The monoisotopic (exact) mass is 318 g/mol. The third-order valence-electron chi connectivity index (χ3n) is 4.54. The molecule has 0 unspecified atom stereocenters. The zero-order chi connectivity index (χ0) is 14.9. The lowest BCUT2D eigenvalue weighted by Gasteiger charge is -2.31. The third-order valence-corrected chi connectivity index (χ3v) is 5.40. The first-order valence-electron chi connectivity index (χ1n) is 7.99. The maximum atomic E-state index is 5.47. The van der Waals surface area contributed by atoms with Crippen LogP contribution in [0.15, 0.2) is 17.5 Å². The molecule has 4 rings (SSSR count). The number of thiophene rings is 1. The summed E-state index contributed by atoms with van der Waals surface area (Å²) in [6.07, 6.45) is 2.68. The fraction of sp³-hybridized carbons (Fsp3) is 0.625. The Morgan fingerprint density at radius 1 is 1.41 bits per heavy atom. The Bertz CT molecular complexity index is 620. The molecule has 0 aromatic carbocycles. The Balaban J connectivity index is 1.55. The van der Waals surface area contributed by atoms with Gasteiger partial charge in [-0.1, -0.05) is 11.3 Å². The van der Waals surface area contributed by atoms with Gasteiger partial charge >= 0.3 is 0 Å². The van der Waals surface area contributed by atoms with E-state index in [4.69, 9.17) is 4.74 Å². The molecule has 22 heavy (non-hydrogen) atoms. The fourth-order valence-corrected chi connectivity index (χ4v) is 4.09. The summed E-state index contributed by atoms with van der Waals surface area (Å²) in [6.45, 7) is 4.70. The van der Waals surface area contributed by atoms with Gasteiger partial charge in [0.05, 0.1) is 12.3 Å². The summed E-state index contributed by atoms with van der Waals surface area (Å²) in [7, 11) is 1.78. The Kier molecular flexibility index (Phi) is 3.98. The SMILES string of the molecule is COC[C@@H]1CN(Cc2cccs2)Cc2nnn(CC3CC3)c21. The van der Waals surface area contributed by atoms with E-state index >= 15 is 0 Å². The molecule has 1 aliphatic carbocycles. The van der Waals surface area contributed by atoms with Gasteiger partial charge in [-0.25, -0.2) is 4.68 Å². The molecular formula is C16H22N4OS. The van der Waals surface area contributed by atoms with Crippen molar-refractivity contribution in [3.05, 3.63) is 33.8 Å². The van der Waals surface area contributed by atoms with Crippen molar-refractivity contribution in [2.24, 2.45) is 5.92 Å². The number of ether oxygens (including phenoxy) is 1. The molecule has 2 aliphatic rings. The lowest BCUT2D eigenvalue weighted by molar-refractivity contribution is 0.131. The summed E-state index contributed by atoms with van der Waals surface area (Å²) in [6, 6.07) is 4.32. The van der Waals surface area contributed by atoms with Crippen LogP contribution in [-0.2, 0) is 24.4 Å². The Morgan fingerprint density at radius 2 is 2.32 bits per heavy atom. The van der Waals surface area contributed by atoms with Gasteiger partial charge in [-0.15, -0.1) is 16.4 Å². The van der Waals surface area contributed by atoms with Crippen LogP contribution < -0.4 is 0 Å².